The maximum Gasteiger partial charge on any atom is 0.254 e. The van der Waals surface area contributed by atoms with E-state index >= 15 is 0 Å². The summed E-state index contributed by atoms with van der Waals surface area (Å²) in [6.45, 7) is 1.79. The highest BCUT2D eigenvalue weighted by Gasteiger charge is 2.33. The van der Waals surface area contributed by atoms with E-state index in [-0.39, 0.29) is 5.91 Å². The van der Waals surface area contributed by atoms with Crippen LogP contribution in [0.25, 0.3) is 0 Å². The Labute approximate surface area is 133 Å². The molecule has 0 N–H and O–H groups in total. The number of carbonyl (C=O) groups excluding carboxylic acids is 1. The average molecular weight is 315 g/mol. The average Bonchev–Trinajstić information content (AvgIpc) is 3.27. The number of hydrogen-bond acceptors (Lipinski definition) is 4. The number of amides is 1. The van der Waals surface area contributed by atoms with E-state index < -0.39 is 0 Å². The standard InChI is InChI=1S/C17H17NO3S/c19-17(12-3-6-15-16(10-12)21-8-7-20-15)18(13-4-5-13)11-14-2-1-9-22-14/h1-3,6,9-10,13H,4-5,7-8,11H2. The van der Waals surface area contributed by atoms with Gasteiger partial charge in [-0.15, -0.1) is 11.3 Å². The number of thiophene rings is 1. The molecule has 1 aromatic carbocycles. The lowest BCUT2D eigenvalue weighted by Crippen LogP contribution is -2.32. The predicted molar refractivity (Wildman–Crippen MR) is 84.6 cm³/mol. The first-order chi connectivity index (χ1) is 10.8. The Hall–Kier alpha value is -2.01. The highest BCUT2D eigenvalue weighted by Crippen LogP contribution is 2.34. The van der Waals surface area contributed by atoms with Gasteiger partial charge in [0, 0.05) is 16.5 Å². The summed E-state index contributed by atoms with van der Waals surface area (Å²) >= 11 is 1.69. The van der Waals surface area contributed by atoms with E-state index in [1.165, 1.54) is 4.88 Å². The van der Waals surface area contributed by atoms with Crippen molar-refractivity contribution in [3.8, 4) is 11.5 Å². The normalized spacial score (nSPS) is 16.4. The van der Waals surface area contributed by atoms with Crippen molar-refractivity contribution in [2.24, 2.45) is 0 Å². The highest BCUT2D eigenvalue weighted by atomic mass is 32.1. The van der Waals surface area contributed by atoms with Gasteiger partial charge in [0.2, 0.25) is 0 Å². The molecule has 1 amide bonds. The number of ether oxygens (including phenoxy) is 2. The molecule has 0 spiro atoms. The van der Waals surface area contributed by atoms with E-state index in [1.807, 2.05) is 23.1 Å². The van der Waals surface area contributed by atoms with Gasteiger partial charge >= 0.3 is 0 Å². The van der Waals surface area contributed by atoms with Gasteiger partial charge in [-0.3, -0.25) is 4.79 Å². The lowest BCUT2D eigenvalue weighted by molar-refractivity contribution is 0.0730. The minimum absolute atomic E-state index is 0.0767. The Bertz CT molecular complexity index is 679. The third-order valence-electron chi connectivity index (χ3n) is 3.94. The van der Waals surface area contributed by atoms with Crippen LogP contribution in [-0.2, 0) is 6.54 Å². The maximum atomic E-state index is 12.9. The molecule has 2 aromatic rings. The molecule has 0 atom stereocenters. The lowest BCUT2D eigenvalue weighted by atomic mass is 10.1. The Balaban J connectivity index is 1.58. The van der Waals surface area contributed by atoms with Crippen molar-refractivity contribution in [2.45, 2.75) is 25.4 Å². The molecule has 0 bridgehead atoms. The summed E-state index contributed by atoms with van der Waals surface area (Å²) in [5, 5.41) is 2.05. The van der Waals surface area contributed by atoms with Gasteiger partial charge in [-0.2, -0.15) is 0 Å². The zero-order chi connectivity index (χ0) is 14.9. The van der Waals surface area contributed by atoms with E-state index in [0.29, 0.717) is 37.1 Å². The molecule has 2 heterocycles. The number of hydrogen-bond donors (Lipinski definition) is 0. The molecule has 22 heavy (non-hydrogen) atoms. The van der Waals surface area contributed by atoms with E-state index in [2.05, 4.69) is 11.4 Å². The van der Waals surface area contributed by atoms with Gasteiger partial charge in [0.15, 0.2) is 11.5 Å². The Kier molecular flexibility index (Phi) is 3.50. The van der Waals surface area contributed by atoms with Crippen LogP contribution in [0.2, 0.25) is 0 Å². The summed E-state index contributed by atoms with van der Waals surface area (Å²) in [7, 11) is 0. The molecule has 0 radical (unpaired) electrons. The number of benzene rings is 1. The van der Waals surface area contributed by atoms with Crippen LogP contribution in [0.15, 0.2) is 35.7 Å². The first-order valence-electron chi connectivity index (χ1n) is 7.54. The van der Waals surface area contributed by atoms with Crippen LogP contribution in [0.3, 0.4) is 0 Å². The Morgan fingerprint density at radius 3 is 2.73 bits per heavy atom. The molecule has 1 fully saturated rings. The second-order valence-electron chi connectivity index (χ2n) is 5.60. The second kappa shape index (κ2) is 5.65. The van der Waals surface area contributed by atoms with Gasteiger partial charge in [-0.25, -0.2) is 0 Å². The van der Waals surface area contributed by atoms with Gasteiger partial charge in [0.25, 0.3) is 5.91 Å². The minimum atomic E-state index is 0.0767. The summed E-state index contributed by atoms with van der Waals surface area (Å²) < 4.78 is 11.1. The van der Waals surface area contributed by atoms with Crippen molar-refractivity contribution in [1.82, 2.24) is 4.90 Å². The summed E-state index contributed by atoms with van der Waals surface area (Å²) in [5.74, 6) is 1.47. The molecular formula is C17H17NO3S. The quantitative estimate of drug-likeness (QED) is 0.869. The molecule has 4 nitrogen and oxygen atoms in total. The molecule has 1 aliphatic carbocycles. The van der Waals surface area contributed by atoms with E-state index in [9.17, 15) is 4.79 Å². The van der Waals surface area contributed by atoms with Crippen LogP contribution >= 0.6 is 11.3 Å². The number of rotatable bonds is 4. The van der Waals surface area contributed by atoms with Gasteiger partial charge in [-0.05, 0) is 42.5 Å². The molecule has 1 saturated carbocycles. The highest BCUT2D eigenvalue weighted by molar-refractivity contribution is 7.09. The fourth-order valence-corrected chi connectivity index (χ4v) is 3.37. The van der Waals surface area contributed by atoms with E-state index in [4.69, 9.17) is 9.47 Å². The third-order valence-corrected chi connectivity index (χ3v) is 4.81. The monoisotopic (exact) mass is 315 g/mol. The van der Waals surface area contributed by atoms with E-state index in [0.717, 1.165) is 18.6 Å². The zero-order valence-corrected chi connectivity index (χ0v) is 13.0. The van der Waals surface area contributed by atoms with Gasteiger partial charge in [-0.1, -0.05) is 6.07 Å². The van der Waals surface area contributed by atoms with Crippen molar-refractivity contribution < 1.29 is 14.3 Å². The summed E-state index contributed by atoms with van der Waals surface area (Å²) in [6.07, 6.45) is 2.20. The van der Waals surface area contributed by atoms with E-state index in [1.54, 1.807) is 17.4 Å². The van der Waals surface area contributed by atoms with Crippen molar-refractivity contribution in [3.63, 3.8) is 0 Å². The Morgan fingerprint density at radius 1 is 1.18 bits per heavy atom. The third kappa shape index (κ3) is 2.68. The Morgan fingerprint density at radius 2 is 2.00 bits per heavy atom. The van der Waals surface area contributed by atoms with Crippen LogP contribution in [0.5, 0.6) is 11.5 Å². The molecule has 1 aromatic heterocycles. The summed E-state index contributed by atoms with van der Waals surface area (Å²) in [4.78, 5) is 16.1. The van der Waals surface area contributed by atoms with Crippen molar-refractivity contribution in [3.05, 3.63) is 46.2 Å². The molecule has 1 aliphatic heterocycles. The predicted octanol–water partition coefficient (Wildman–Crippen LogP) is 3.32. The van der Waals surface area contributed by atoms with Crippen LogP contribution in [0, 0.1) is 0 Å². The topological polar surface area (TPSA) is 38.8 Å². The fourth-order valence-electron chi connectivity index (χ4n) is 2.67. The van der Waals surface area contributed by atoms with Crippen molar-refractivity contribution in [2.75, 3.05) is 13.2 Å². The fraction of sp³-hybridized carbons (Fsp3) is 0.353. The number of nitrogens with zero attached hydrogens (tertiary/aromatic N) is 1. The van der Waals surface area contributed by atoms with Crippen LogP contribution in [0.1, 0.15) is 28.1 Å². The molecule has 0 saturated heterocycles. The first kappa shape index (κ1) is 13.6. The minimum Gasteiger partial charge on any atom is -0.486 e. The van der Waals surface area contributed by atoms with Crippen LogP contribution in [-0.4, -0.2) is 30.1 Å². The van der Waals surface area contributed by atoms with Gasteiger partial charge in [0.05, 0.1) is 6.54 Å². The largest absolute Gasteiger partial charge is 0.486 e. The molecule has 4 rings (SSSR count). The first-order valence-corrected chi connectivity index (χ1v) is 8.42. The molecule has 0 unspecified atom stereocenters. The van der Waals surface area contributed by atoms with Crippen molar-refractivity contribution >= 4 is 17.2 Å². The lowest BCUT2D eigenvalue weighted by Gasteiger charge is -2.23. The van der Waals surface area contributed by atoms with Gasteiger partial charge in [0.1, 0.15) is 13.2 Å². The molecule has 2 aliphatic rings. The molecule has 5 heteroatoms. The maximum absolute atomic E-state index is 12.9. The van der Waals surface area contributed by atoms with Crippen LogP contribution in [0.4, 0.5) is 0 Å². The zero-order valence-electron chi connectivity index (χ0n) is 12.2. The summed E-state index contributed by atoms with van der Waals surface area (Å²) in [6, 6.07) is 9.96. The molecular weight excluding hydrogens is 298 g/mol. The number of fused-ring (bicyclic) bond motifs is 1. The smallest absolute Gasteiger partial charge is 0.254 e. The van der Waals surface area contributed by atoms with Crippen LogP contribution < -0.4 is 9.47 Å². The summed E-state index contributed by atoms with van der Waals surface area (Å²) in [5.41, 5.74) is 0.674. The SMILES string of the molecule is O=C(c1ccc2c(c1)OCCO2)N(Cc1cccs1)C1CC1. The van der Waals surface area contributed by atoms with Gasteiger partial charge < -0.3 is 14.4 Å². The number of carbonyl (C=O) groups is 1. The second-order valence-corrected chi connectivity index (χ2v) is 6.63. The van der Waals surface area contributed by atoms with Crippen molar-refractivity contribution in [1.29, 1.82) is 0 Å². The molecule has 114 valence electrons.